The fourth-order valence-electron chi connectivity index (χ4n) is 2.23. The molecule has 0 saturated carbocycles. The molecule has 0 atom stereocenters. The third-order valence-corrected chi connectivity index (χ3v) is 3.57. The number of anilines is 1. The number of nitrogens with zero attached hydrogens (tertiary/aromatic N) is 2. The fourth-order valence-corrected chi connectivity index (χ4v) is 2.23. The van der Waals surface area contributed by atoms with Crippen molar-refractivity contribution in [1.82, 2.24) is 9.13 Å². The van der Waals surface area contributed by atoms with E-state index in [1.165, 1.54) is 38.4 Å². The number of carbonyl (C=O) groups is 1. The third-order valence-electron chi connectivity index (χ3n) is 3.57. The summed E-state index contributed by atoms with van der Waals surface area (Å²) in [6.07, 6.45) is 1.53. The van der Waals surface area contributed by atoms with Gasteiger partial charge in [0.1, 0.15) is 5.56 Å². The van der Waals surface area contributed by atoms with Crippen LogP contribution < -0.4 is 21.7 Å². The van der Waals surface area contributed by atoms with Gasteiger partial charge in [-0.25, -0.2) is 4.79 Å². The molecule has 0 fully saturated rings. The van der Waals surface area contributed by atoms with E-state index < -0.39 is 23.1 Å². The van der Waals surface area contributed by atoms with Gasteiger partial charge in [-0.3, -0.25) is 13.9 Å². The molecule has 0 aliphatic carbocycles. The van der Waals surface area contributed by atoms with Crippen molar-refractivity contribution in [3.63, 3.8) is 0 Å². The Bertz CT molecular complexity index is 953. The zero-order chi connectivity index (χ0) is 18.0. The van der Waals surface area contributed by atoms with E-state index in [4.69, 9.17) is 0 Å². The van der Waals surface area contributed by atoms with Gasteiger partial charge in [0.05, 0.1) is 11.7 Å². The number of aromatic carboxylic acids is 1. The highest BCUT2D eigenvalue weighted by Gasteiger charge is 2.18. The minimum absolute atomic E-state index is 0.0342. The molecule has 2 N–H and O–H groups in total. The van der Waals surface area contributed by atoms with Crippen LogP contribution in [0.15, 0.2) is 39.9 Å². The lowest BCUT2D eigenvalue weighted by Crippen LogP contribution is -2.39. The van der Waals surface area contributed by atoms with Crippen molar-refractivity contribution in [1.29, 1.82) is 0 Å². The van der Waals surface area contributed by atoms with Gasteiger partial charge in [0.25, 0.3) is 5.56 Å². The third kappa shape index (κ3) is 2.94. The summed E-state index contributed by atoms with van der Waals surface area (Å²) in [6.45, 7) is 1.63. The second kappa shape index (κ2) is 6.45. The minimum atomic E-state index is -1.33. The summed E-state index contributed by atoms with van der Waals surface area (Å²) in [5.74, 6) is -1.82. The maximum atomic E-state index is 12.3. The molecule has 0 amide bonds. The average molecular weight is 330 g/mol. The Morgan fingerprint density at radius 1 is 1.25 bits per heavy atom. The Balaban J connectivity index is 2.56. The molecule has 0 unspecified atom stereocenters. The molecule has 1 heterocycles. The second-order valence-electron chi connectivity index (χ2n) is 5.10. The van der Waals surface area contributed by atoms with Gasteiger partial charge < -0.3 is 20.3 Å². The summed E-state index contributed by atoms with van der Waals surface area (Å²) in [7, 11) is 2.64. The smallest absolute Gasteiger partial charge is 0.333 e. The van der Waals surface area contributed by atoms with Gasteiger partial charge in [-0.2, -0.15) is 0 Å². The van der Waals surface area contributed by atoms with Gasteiger partial charge in [-0.05, 0) is 24.6 Å². The standard InChI is InChI=1S/C16H17N3O5/c1-4-11(17-10-7-5-6-9(8-10)15(22)23)12-13(20)18(2)16(24)19(3)14(12)21/h4-8,17,20H,1-3H3,(H,22,23)/p-1/b11-4-. The molecule has 0 saturated heterocycles. The average Bonchev–Trinajstić information content (AvgIpc) is 2.57. The number of carboxylic acid groups (broad SMARTS) is 1. The van der Waals surface area contributed by atoms with Crippen molar-refractivity contribution >= 4 is 17.4 Å². The van der Waals surface area contributed by atoms with Crippen LogP contribution in [0, 0.1) is 0 Å². The largest absolute Gasteiger partial charge is 0.545 e. The first kappa shape index (κ1) is 17.1. The molecule has 0 radical (unpaired) electrons. The number of carboxylic acids is 1. The molecule has 1 aromatic carbocycles. The Morgan fingerprint density at radius 3 is 2.50 bits per heavy atom. The van der Waals surface area contributed by atoms with Crippen molar-refractivity contribution in [2.75, 3.05) is 5.32 Å². The van der Waals surface area contributed by atoms with E-state index in [-0.39, 0.29) is 16.8 Å². The number of carbonyl (C=O) groups excluding carboxylic acids is 1. The molecule has 0 spiro atoms. The topological polar surface area (TPSA) is 116 Å². The van der Waals surface area contributed by atoms with Crippen molar-refractivity contribution in [2.24, 2.45) is 14.1 Å². The Morgan fingerprint density at radius 2 is 1.92 bits per heavy atom. The molecule has 8 heteroatoms. The first-order chi connectivity index (χ1) is 11.3. The van der Waals surface area contributed by atoms with Gasteiger partial charge >= 0.3 is 5.69 Å². The quantitative estimate of drug-likeness (QED) is 0.790. The van der Waals surface area contributed by atoms with E-state index in [9.17, 15) is 24.6 Å². The minimum Gasteiger partial charge on any atom is -0.545 e. The zero-order valence-corrected chi connectivity index (χ0v) is 13.4. The predicted molar refractivity (Wildman–Crippen MR) is 86.6 cm³/mol. The summed E-state index contributed by atoms with van der Waals surface area (Å²) in [6, 6.07) is 5.82. The van der Waals surface area contributed by atoms with Crippen molar-refractivity contribution in [2.45, 2.75) is 6.92 Å². The summed E-state index contributed by atoms with van der Waals surface area (Å²) < 4.78 is 1.82. The first-order valence-corrected chi connectivity index (χ1v) is 7.02. The first-order valence-electron chi connectivity index (χ1n) is 7.02. The number of nitrogens with one attached hydrogen (secondary N) is 1. The van der Waals surface area contributed by atoms with Gasteiger partial charge in [0, 0.05) is 19.8 Å². The Hall–Kier alpha value is -3.29. The highest BCUT2D eigenvalue weighted by Crippen LogP contribution is 2.22. The number of hydrogen-bond donors (Lipinski definition) is 2. The normalized spacial score (nSPS) is 11.4. The molecule has 2 aromatic rings. The highest BCUT2D eigenvalue weighted by molar-refractivity contribution is 5.88. The fraction of sp³-hybridized carbons (Fsp3) is 0.188. The maximum absolute atomic E-state index is 12.3. The van der Waals surface area contributed by atoms with E-state index in [1.54, 1.807) is 13.0 Å². The maximum Gasteiger partial charge on any atom is 0.333 e. The summed E-state index contributed by atoms with van der Waals surface area (Å²) in [5.41, 5.74) is -0.837. The number of aromatic nitrogens is 2. The number of hydrogen-bond acceptors (Lipinski definition) is 6. The molecule has 8 nitrogen and oxygen atoms in total. The summed E-state index contributed by atoms with van der Waals surface area (Å²) >= 11 is 0. The molecule has 0 aliphatic heterocycles. The molecule has 1 aromatic heterocycles. The van der Waals surface area contributed by atoms with Crippen LogP contribution in [0.5, 0.6) is 5.88 Å². The number of benzene rings is 1. The van der Waals surface area contributed by atoms with E-state index in [0.717, 1.165) is 9.13 Å². The van der Waals surface area contributed by atoms with Crippen molar-refractivity contribution < 1.29 is 15.0 Å². The molecule has 0 bridgehead atoms. The van der Waals surface area contributed by atoms with Gasteiger partial charge in [0.2, 0.25) is 5.88 Å². The number of allylic oxidation sites excluding steroid dienone is 1. The van der Waals surface area contributed by atoms with Crippen LogP contribution in [-0.2, 0) is 14.1 Å². The molecule has 24 heavy (non-hydrogen) atoms. The Kier molecular flexibility index (Phi) is 4.59. The molecule has 2 rings (SSSR count). The van der Waals surface area contributed by atoms with Crippen LogP contribution in [0.1, 0.15) is 22.8 Å². The molecule has 0 aliphatic rings. The van der Waals surface area contributed by atoms with Gasteiger partial charge in [0.15, 0.2) is 0 Å². The predicted octanol–water partition coefficient (Wildman–Crippen LogP) is -0.374. The SMILES string of the molecule is C/C=C(\Nc1cccc(C(=O)[O-])c1)c1c(O)n(C)c(=O)n(C)c1=O. The van der Waals surface area contributed by atoms with Crippen LogP contribution in [0.2, 0.25) is 0 Å². The molecular weight excluding hydrogens is 314 g/mol. The lowest BCUT2D eigenvalue weighted by molar-refractivity contribution is -0.255. The van der Waals surface area contributed by atoms with Gasteiger partial charge in [-0.15, -0.1) is 0 Å². The number of aromatic hydroxyl groups is 1. The summed E-state index contributed by atoms with van der Waals surface area (Å²) in [4.78, 5) is 35.1. The van der Waals surface area contributed by atoms with Crippen LogP contribution in [0.3, 0.4) is 0 Å². The lowest BCUT2D eigenvalue weighted by Gasteiger charge is -2.15. The monoisotopic (exact) mass is 330 g/mol. The molecular formula is C16H16N3O5-. The van der Waals surface area contributed by atoms with E-state index >= 15 is 0 Å². The highest BCUT2D eigenvalue weighted by atomic mass is 16.4. The van der Waals surface area contributed by atoms with E-state index in [2.05, 4.69) is 5.32 Å². The van der Waals surface area contributed by atoms with E-state index in [1.807, 2.05) is 0 Å². The Labute approximate surface area is 136 Å². The molecule has 126 valence electrons. The van der Waals surface area contributed by atoms with Gasteiger partial charge in [-0.1, -0.05) is 18.2 Å². The number of rotatable bonds is 4. The zero-order valence-electron chi connectivity index (χ0n) is 13.4. The summed E-state index contributed by atoms with van der Waals surface area (Å²) in [5, 5.41) is 24.0. The van der Waals surface area contributed by atoms with Crippen LogP contribution in [-0.4, -0.2) is 20.2 Å². The van der Waals surface area contributed by atoms with Crippen LogP contribution >= 0.6 is 0 Å². The van der Waals surface area contributed by atoms with Crippen molar-refractivity contribution in [3.05, 3.63) is 62.3 Å². The second-order valence-corrected chi connectivity index (χ2v) is 5.10. The van der Waals surface area contributed by atoms with E-state index in [0.29, 0.717) is 5.69 Å². The van der Waals surface area contributed by atoms with Crippen LogP contribution in [0.4, 0.5) is 5.69 Å². The van der Waals surface area contributed by atoms with Crippen LogP contribution in [0.25, 0.3) is 5.70 Å². The van der Waals surface area contributed by atoms with Crippen molar-refractivity contribution in [3.8, 4) is 5.88 Å². The lowest BCUT2D eigenvalue weighted by atomic mass is 10.1.